The number of aryl methyl sites for hydroxylation is 1. The number of anilines is 1. The molecule has 21 heavy (non-hydrogen) atoms. The van der Waals surface area contributed by atoms with E-state index in [4.69, 9.17) is 0 Å². The van der Waals surface area contributed by atoms with Gasteiger partial charge in [0.1, 0.15) is 0 Å². The van der Waals surface area contributed by atoms with Gasteiger partial charge in [0.05, 0.1) is 11.5 Å². The van der Waals surface area contributed by atoms with Crippen LogP contribution in [0.3, 0.4) is 0 Å². The number of sulfone groups is 1. The summed E-state index contributed by atoms with van der Waals surface area (Å²) in [7, 11) is -0.605. The van der Waals surface area contributed by atoms with Gasteiger partial charge in [-0.25, -0.2) is 8.42 Å². The van der Waals surface area contributed by atoms with Crippen LogP contribution in [0.15, 0.2) is 18.2 Å². The van der Waals surface area contributed by atoms with Crippen LogP contribution in [-0.4, -0.2) is 40.1 Å². The number of nitrogens with one attached hydrogen (secondary N) is 1. The van der Waals surface area contributed by atoms with Crippen molar-refractivity contribution in [3.8, 4) is 0 Å². The fraction of sp³-hybridized carbons (Fsp3) is 0.625. The molecule has 1 atom stereocenters. The van der Waals surface area contributed by atoms with Gasteiger partial charge in [-0.3, -0.25) is 0 Å². The summed E-state index contributed by atoms with van der Waals surface area (Å²) in [6.07, 6.45) is 3.19. The minimum absolute atomic E-state index is 0.291. The van der Waals surface area contributed by atoms with E-state index in [2.05, 4.69) is 35.5 Å². The average molecular weight is 308 g/mol. The van der Waals surface area contributed by atoms with E-state index in [1.165, 1.54) is 23.2 Å². The van der Waals surface area contributed by atoms with Crippen molar-refractivity contribution >= 4 is 15.5 Å². The van der Waals surface area contributed by atoms with Crippen LogP contribution < -0.4 is 10.2 Å². The van der Waals surface area contributed by atoms with Crippen LogP contribution in [0.4, 0.5) is 5.69 Å². The highest BCUT2D eigenvalue weighted by Gasteiger charge is 2.27. The van der Waals surface area contributed by atoms with Crippen LogP contribution in [0.25, 0.3) is 0 Å². The Balaban J connectivity index is 1.54. The molecular weight excluding hydrogens is 284 g/mol. The van der Waals surface area contributed by atoms with E-state index in [1.807, 2.05) is 0 Å². The van der Waals surface area contributed by atoms with Gasteiger partial charge < -0.3 is 10.2 Å². The van der Waals surface area contributed by atoms with E-state index in [-0.39, 0.29) is 0 Å². The van der Waals surface area contributed by atoms with Crippen LogP contribution in [0, 0.1) is 5.92 Å². The van der Waals surface area contributed by atoms with Gasteiger partial charge in [-0.15, -0.1) is 0 Å². The van der Waals surface area contributed by atoms with Crippen LogP contribution in [0.2, 0.25) is 0 Å². The van der Waals surface area contributed by atoms with E-state index >= 15 is 0 Å². The lowest BCUT2D eigenvalue weighted by Crippen LogP contribution is -2.25. The Morgan fingerprint density at radius 1 is 1.38 bits per heavy atom. The Morgan fingerprint density at radius 3 is 3.00 bits per heavy atom. The summed E-state index contributed by atoms with van der Waals surface area (Å²) in [6, 6.07) is 6.69. The summed E-state index contributed by atoms with van der Waals surface area (Å²) in [5.41, 5.74) is 4.09. The molecular formula is C16H24N2O2S. The highest BCUT2D eigenvalue weighted by molar-refractivity contribution is 7.91. The van der Waals surface area contributed by atoms with Crippen LogP contribution in [0.5, 0.6) is 0 Å². The minimum Gasteiger partial charge on any atom is -0.374 e. The molecule has 1 aromatic rings. The Kier molecular flexibility index (Phi) is 4.22. The fourth-order valence-corrected chi connectivity index (χ4v) is 5.26. The zero-order chi connectivity index (χ0) is 14.9. The molecule has 0 saturated carbocycles. The van der Waals surface area contributed by atoms with Crippen molar-refractivity contribution in [2.24, 2.45) is 5.92 Å². The monoisotopic (exact) mass is 308 g/mol. The molecule has 0 aromatic heterocycles. The first-order chi connectivity index (χ1) is 10.0. The van der Waals surface area contributed by atoms with Gasteiger partial charge in [-0.1, -0.05) is 12.1 Å². The average Bonchev–Trinajstić information content (AvgIpc) is 2.78. The number of nitrogens with zero attached hydrogens (tertiary/aromatic N) is 1. The third-order valence-corrected chi connectivity index (χ3v) is 6.42. The molecule has 2 heterocycles. The highest BCUT2D eigenvalue weighted by Crippen LogP contribution is 2.26. The predicted octanol–water partition coefficient (Wildman–Crippen LogP) is 1.59. The standard InChI is InChI=1S/C16H24N2O2S/c1-18-7-2-3-15-9-13(4-5-16(15)18)10-17-11-14-6-8-21(19,20)12-14/h4-5,9,14,17H,2-3,6-8,10-12H2,1H3. The number of hydrogen-bond acceptors (Lipinski definition) is 4. The van der Waals surface area contributed by atoms with Gasteiger partial charge in [0.2, 0.25) is 0 Å². The molecule has 1 fully saturated rings. The van der Waals surface area contributed by atoms with Crippen molar-refractivity contribution in [3.63, 3.8) is 0 Å². The zero-order valence-electron chi connectivity index (χ0n) is 12.6. The molecule has 0 spiro atoms. The fourth-order valence-electron chi connectivity index (χ4n) is 3.40. The Bertz CT molecular complexity index is 613. The second kappa shape index (κ2) is 5.97. The minimum atomic E-state index is -2.75. The van der Waals surface area contributed by atoms with Gasteiger partial charge in [0.15, 0.2) is 9.84 Å². The maximum atomic E-state index is 11.4. The second-order valence-corrected chi connectivity index (χ2v) is 8.62. The number of hydrogen-bond donors (Lipinski definition) is 1. The van der Waals surface area contributed by atoms with E-state index in [1.54, 1.807) is 0 Å². The molecule has 1 unspecified atom stereocenters. The molecule has 116 valence electrons. The predicted molar refractivity (Wildman–Crippen MR) is 86.5 cm³/mol. The number of rotatable bonds is 4. The Morgan fingerprint density at radius 2 is 2.24 bits per heavy atom. The Hall–Kier alpha value is -1.07. The molecule has 0 radical (unpaired) electrons. The summed E-state index contributed by atoms with van der Waals surface area (Å²) >= 11 is 0. The largest absolute Gasteiger partial charge is 0.374 e. The van der Waals surface area contributed by atoms with E-state index in [0.29, 0.717) is 17.4 Å². The maximum Gasteiger partial charge on any atom is 0.150 e. The molecule has 1 aromatic carbocycles. The first kappa shape index (κ1) is 14.9. The topological polar surface area (TPSA) is 49.4 Å². The van der Waals surface area contributed by atoms with E-state index in [9.17, 15) is 8.42 Å². The van der Waals surface area contributed by atoms with Gasteiger partial charge in [-0.2, -0.15) is 0 Å². The third kappa shape index (κ3) is 3.58. The van der Waals surface area contributed by atoms with Gasteiger partial charge in [0.25, 0.3) is 0 Å². The van der Waals surface area contributed by atoms with Crippen LogP contribution in [-0.2, 0) is 22.8 Å². The van der Waals surface area contributed by atoms with E-state index < -0.39 is 9.84 Å². The second-order valence-electron chi connectivity index (χ2n) is 6.39. The molecule has 5 heteroatoms. The van der Waals surface area contributed by atoms with Gasteiger partial charge >= 0.3 is 0 Å². The van der Waals surface area contributed by atoms with E-state index in [0.717, 1.165) is 32.5 Å². The lowest BCUT2D eigenvalue weighted by Gasteiger charge is -2.27. The number of benzene rings is 1. The van der Waals surface area contributed by atoms with Crippen molar-refractivity contribution in [3.05, 3.63) is 29.3 Å². The summed E-state index contributed by atoms with van der Waals surface area (Å²) in [5, 5.41) is 3.42. The quantitative estimate of drug-likeness (QED) is 0.918. The molecule has 2 aliphatic heterocycles. The summed E-state index contributed by atoms with van der Waals surface area (Å²) in [4.78, 5) is 2.32. The first-order valence-corrected chi connectivity index (χ1v) is 9.60. The SMILES string of the molecule is CN1CCCc2cc(CNCC3CCS(=O)(=O)C3)ccc21. The highest BCUT2D eigenvalue weighted by atomic mass is 32.2. The van der Waals surface area contributed by atoms with Crippen molar-refractivity contribution in [1.82, 2.24) is 5.32 Å². The van der Waals surface area contributed by atoms with Crippen LogP contribution in [0.1, 0.15) is 24.0 Å². The molecule has 3 rings (SSSR count). The summed E-state index contributed by atoms with van der Waals surface area (Å²) in [6.45, 7) is 2.77. The third-order valence-electron chi connectivity index (χ3n) is 4.58. The smallest absolute Gasteiger partial charge is 0.150 e. The molecule has 1 saturated heterocycles. The van der Waals surface area contributed by atoms with Crippen molar-refractivity contribution in [2.75, 3.05) is 36.5 Å². The molecule has 1 N–H and O–H groups in total. The zero-order valence-corrected chi connectivity index (χ0v) is 13.5. The number of fused-ring (bicyclic) bond motifs is 1. The molecule has 0 bridgehead atoms. The van der Waals surface area contributed by atoms with Crippen LogP contribution >= 0.6 is 0 Å². The summed E-state index contributed by atoms with van der Waals surface area (Å²) in [5.74, 6) is 1.01. The lowest BCUT2D eigenvalue weighted by atomic mass is 9.99. The van der Waals surface area contributed by atoms with Crippen molar-refractivity contribution in [1.29, 1.82) is 0 Å². The van der Waals surface area contributed by atoms with Crippen molar-refractivity contribution in [2.45, 2.75) is 25.8 Å². The van der Waals surface area contributed by atoms with Gasteiger partial charge in [-0.05, 0) is 48.9 Å². The molecule has 2 aliphatic rings. The molecule has 4 nitrogen and oxygen atoms in total. The molecule has 0 amide bonds. The van der Waals surface area contributed by atoms with Crippen molar-refractivity contribution < 1.29 is 8.42 Å². The maximum absolute atomic E-state index is 11.4. The first-order valence-electron chi connectivity index (χ1n) is 7.77. The Labute approximate surface area is 127 Å². The summed E-state index contributed by atoms with van der Waals surface area (Å²) < 4.78 is 22.9. The normalized spacial score (nSPS) is 24.0. The van der Waals surface area contributed by atoms with Gasteiger partial charge in [0, 0.05) is 25.8 Å². The lowest BCUT2D eigenvalue weighted by molar-refractivity contribution is 0.520. The molecule has 0 aliphatic carbocycles.